The first-order valence-corrected chi connectivity index (χ1v) is 6.47. The number of tetrazole rings is 1. The third-order valence-electron chi connectivity index (χ3n) is 2.79. The molecule has 2 N–H and O–H groups in total. The molecule has 0 spiro atoms. The van der Waals surface area contributed by atoms with Crippen molar-refractivity contribution in [3.63, 3.8) is 0 Å². The molecule has 0 fully saturated rings. The topological polar surface area (TPSA) is 69.6 Å². The molecule has 0 radical (unpaired) electrons. The van der Waals surface area contributed by atoms with E-state index in [2.05, 4.69) is 15.5 Å². The second-order valence-electron chi connectivity index (χ2n) is 4.23. The van der Waals surface area contributed by atoms with Gasteiger partial charge in [-0.15, -0.1) is 5.10 Å². The van der Waals surface area contributed by atoms with Crippen LogP contribution in [-0.2, 0) is 13.0 Å². The predicted octanol–water partition coefficient (Wildman–Crippen LogP) is 1.80. The van der Waals surface area contributed by atoms with Gasteiger partial charge in [0.15, 0.2) is 5.82 Å². The molecule has 1 aromatic heterocycles. The van der Waals surface area contributed by atoms with Crippen LogP contribution in [0.5, 0.6) is 0 Å². The highest BCUT2D eigenvalue weighted by Gasteiger charge is 2.10. The summed E-state index contributed by atoms with van der Waals surface area (Å²) in [5.74, 6) is 0.363. The Balaban J connectivity index is 2.08. The third-order valence-corrected chi connectivity index (χ3v) is 3.15. The SMILES string of the molecule is NCCCCn1nnnc1Cc1ccc(F)cc1Cl. The quantitative estimate of drug-likeness (QED) is 0.821. The van der Waals surface area contributed by atoms with Crippen LogP contribution in [0.2, 0.25) is 5.02 Å². The van der Waals surface area contributed by atoms with Crippen molar-refractivity contribution in [1.82, 2.24) is 20.2 Å². The summed E-state index contributed by atoms with van der Waals surface area (Å²) >= 11 is 5.99. The van der Waals surface area contributed by atoms with Crippen LogP contribution in [-0.4, -0.2) is 26.8 Å². The van der Waals surface area contributed by atoms with Crippen LogP contribution in [0.25, 0.3) is 0 Å². The molecule has 0 amide bonds. The van der Waals surface area contributed by atoms with Gasteiger partial charge in [0.2, 0.25) is 0 Å². The zero-order chi connectivity index (χ0) is 13.7. The maximum absolute atomic E-state index is 13.0. The first-order valence-electron chi connectivity index (χ1n) is 6.09. The molecule has 0 aliphatic heterocycles. The lowest BCUT2D eigenvalue weighted by atomic mass is 10.1. The lowest BCUT2D eigenvalue weighted by Crippen LogP contribution is -2.09. The summed E-state index contributed by atoms with van der Waals surface area (Å²) in [7, 11) is 0. The van der Waals surface area contributed by atoms with Crippen molar-refractivity contribution in [2.75, 3.05) is 6.54 Å². The molecule has 0 aliphatic carbocycles. The number of hydrogen-bond acceptors (Lipinski definition) is 4. The zero-order valence-electron chi connectivity index (χ0n) is 10.4. The van der Waals surface area contributed by atoms with Gasteiger partial charge in [0.05, 0.1) is 0 Å². The summed E-state index contributed by atoms with van der Waals surface area (Å²) in [6.45, 7) is 1.37. The summed E-state index contributed by atoms with van der Waals surface area (Å²) in [6, 6.07) is 4.32. The van der Waals surface area contributed by atoms with Crippen LogP contribution >= 0.6 is 11.6 Å². The Bertz CT molecular complexity index is 543. The van der Waals surface area contributed by atoms with E-state index in [1.54, 1.807) is 10.7 Å². The van der Waals surface area contributed by atoms with E-state index >= 15 is 0 Å². The molecule has 2 aromatic rings. The molecular formula is C12H15ClFN5. The highest BCUT2D eigenvalue weighted by Crippen LogP contribution is 2.19. The fourth-order valence-corrected chi connectivity index (χ4v) is 2.00. The van der Waals surface area contributed by atoms with Crippen molar-refractivity contribution in [3.8, 4) is 0 Å². The standard InChI is InChI=1S/C12H15ClFN5/c13-11-8-10(14)4-3-9(11)7-12-16-17-18-19(12)6-2-1-5-15/h3-4,8H,1-2,5-7,15H2. The minimum absolute atomic E-state index is 0.351. The normalized spacial score (nSPS) is 10.9. The Morgan fingerprint density at radius 2 is 2.16 bits per heavy atom. The van der Waals surface area contributed by atoms with E-state index in [1.807, 2.05) is 0 Å². The fourth-order valence-electron chi connectivity index (χ4n) is 1.76. The van der Waals surface area contributed by atoms with Gasteiger partial charge in [-0.2, -0.15) is 0 Å². The molecule has 0 saturated carbocycles. The molecule has 7 heteroatoms. The predicted molar refractivity (Wildman–Crippen MR) is 70.3 cm³/mol. The van der Waals surface area contributed by atoms with E-state index in [1.165, 1.54) is 12.1 Å². The molecule has 5 nitrogen and oxygen atoms in total. The highest BCUT2D eigenvalue weighted by molar-refractivity contribution is 6.31. The van der Waals surface area contributed by atoms with E-state index in [0.717, 1.165) is 24.9 Å². The van der Waals surface area contributed by atoms with Crippen molar-refractivity contribution in [2.24, 2.45) is 5.73 Å². The van der Waals surface area contributed by atoms with Crippen molar-refractivity contribution in [1.29, 1.82) is 0 Å². The Morgan fingerprint density at radius 3 is 2.89 bits per heavy atom. The molecule has 102 valence electrons. The van der Waals surface area contributed by atoms with E-state index in [4.69, 9.17) is 17.3 Å². The monoisotopic (exact) mass is 283 g/mol. The zero-order valence-corrected chi connectivity index (χ0v) is 11.1. The lowest BCUT2D eigenvalue weighted by Gasteiger charge is -2.06. The maximum atomic E-state index is 13.0. The molecule has 0 atom stereocenters. The first kappa shape index (κ1) is 13.9. The van der Waals surface area contributed by atoms with Crippen molar-refractivity contribution in [2.45, 2.75) is 25.8 Å². The van der Waals surface area contributed by atoms with Gasteiger partial charge < -0.3 is 5.73 Å². The fraction of sp³-hybridized carbons (Fsp3) is 0.417. The van der Waals surface area contributed by atoms with Crippen LogP contribution in [0.15, 0.2) is 18.2 Å². The van der Waals surface area contributed by atoms with Gasteiger partial charge in [-0.1, -0.05) is 17.7 Å². The lowest BCUT2D eigenvalue weighted by molar-refractivity contribution is 0.529. The average Bonchev–Trinajstić information content (AvgIpc) is 2.81. The molecule has 1 aromatic carbocycles. The Hall–Kier alpha value is -1.53. The van der Waals surface area contributed by atoms with Crippen LogP contribution in [0, 0.1) is 5.82 Å². The number of halogens is 2. The minimum atomic E-state index is -0.351. The van der Waals surface area contributed by atoms with Crippen LogP contribution in [0.1, 0.15) is 24.2 Å². The highest BCUT2D eigenvalue weighted by atomic mass is 35.5. The smallest absolute Gasteiger partial charge is 0.155 e. The van der Waals surface area contributed by atoms with Crippen molar-refractivity contribution in [3.05, 3.63) is 40.4 Å². The van der Waals surface area contributed by atoms with E-state index in [-0.39, 0.29) is 5.82 Å². The summed E-state index contributed by atoms with van der Waals surface area (Å²) < 4.78 is 14.7. The molecule has 0 saturated heterocycles. The van der Waals surface area contributed by atoms with Gasteiger partial charge in [-0.3, -0.25) is 0 Å². The molecule has 19 heavy (non-hydrogen) atoms. The molecule has 0 aliphatic rings. The van der Waals surface area contributed by atoms with Gasteiger partial charge in [0.1, 0.15) is 5.82 Å². The van der Waals surface area contributed by atoms with Crippen molar-refractivity contribution < 1.29 is 4.39 Å². The maximum Gasteiger partial charge on any atom is 0.155 e. The van der Waals surface area contributed by atoms with E-state index in [9.17, 15) is 4.39 Å². The van der Waals surface area contributed by atoms with E-state index in [0.29, 0.717) is 23.8 Å². The number of aromatic nitrogens is 4. The molecule has 0 bridgehead atoms. The number of rotatable bonds is 6. The largest absolute Gasteiger partial charge is 0.330 e. The Morgan fingerprint density at radius 1 is 1.32 bits per heavy atom. The summed E-state index contributed by atoms with van der Waals surface area (Å²) in [5, 5.41) is 11.9. The second-order valence-corrected chi connectivity index (χ2v) is 4.63. The van der Waals surface area contributed by atoms with Crippen LogP contribution in [0.3, 0.4) is 0 Å². The molecular weight excluding hydrogens is 269 g/mol. The average molecular weight is 284 g/mol. The number of benzene rings is 1. The van der Waals surface area contributed by atoms with E-state index < -0.39 is 0 Å². The minimum Gasteiger partial charge on any atom is -0.330 e. The number of nitrogens with two attached hydrogens (primary N) is 1. The summed E-state index contributed by atoms with van der Waals surface area (Å²) in [5.41, 5.74) is 6.25. The second kappa shape index (κ2) is 6.58. The van der Waals surface area contributed by atoms with Gasteiger partial charge in [-0.25, -0.2) is 9.07 Å². The van der Waals surface area contributed by atoms with Crippen LogP contribution in [0.4, 0.5) is 4.39 Å². The Labute approximate surface area is 115 Å². The summed E-state index contributed by atoms with van der Waals surface area (Å²) in [4.78, 5) is 0. The van der Waals surface area contributed by atoms with Crippen LogP contribution < -0.4 is 5.73 Å². The number of hydrogen-bond donors (Lipinski definition) is 1. The van der Waals surface area contributed by atoms with Gasteiger partial charge in [0, 0.05) is 18.0 Å². The number of aryl methyl sites for hydroxylation is 1. The molecule has 2 rings (SSSR count). The van der Waals surface area contributed by atoms with Gasteiger partial charge >= 0.3 is 0 Å². The Kier molecular flexibility index (Phi) is 4.81. The molecule has 1 heterocycles. The van der Waals surface area contributed by atoms with Crippen molar-refractivity contribution >= 4 is 11.6 Å². The van der Waals surface area contributed by atoms with Gasteiger partial charge in [0.25, 0.3) is 0 Å². The first-order chi connectivity index (χ1) is 9.20. The van der Waals surface area contributed by atoms with Gasteiger partial charge in [-0.05, 0) is 47.5 Å². The number of nitrogens with zero attached hydrogens (tertiary/aromatic N) is 4. The summed E-state index contributed by atoms with van der Waals surface area (Å²) in [6.07, 6.45) is 2.33. The third kappa shape index (κ3) is 3.71. The number of unbranched alkanes of at least 4 members (excludes halogenated alkanes) is 1. The molecule has 0 unspecified atom stereocenters.